The second kappa shape index (κ2) is 4.34. The molecule has 0 saturated heterocycles. The van der Waals surface area contributed by atoms with E-state index in [0.29, 0.717) is 15.9 Å². The van der Waals surface area contributed by atoms with Crippen LogP contribution in [0.3, 0.4) is 0 Å². The number of amides is 1. The number of aryl methyl sites for hydroxylation is 1. The summed E-state index contributed by atoms with van der Waals surface area (Å²) in [5.74, 6) is -1.46. The van der Waals surface area contributed by atoms with Crippen LogP contribution in [-0.2, 0) is 11.8 Å². The molecular weight excluding hydrogens is 256 g/mol. The van der Waals surface area contributed by atoms with Gasteiger partial charge in [0.2, 0.25) is 5.91 Å². The Balaban J connectivity index is 2.89. The molecule has 1 aromatic heterocycles. The van der Waals surface area contributed by atoms with Gasteiger partial charge in [-0.25, -0.2) is 4.79 Å². The predicted octanol–water partition coefficient (Wildman–Crippen LogP) is 2.49. The number of anilines is 1. The van der Waals surface area contributed by atoms with E-state index < -0.39 is 5.97 Å². The maximum atomic E-state index is 11.3. The van der Waals surface area contributed by atoms with Crippen LogP contribution < -0.4 is 5.32 Å². The SMILES string of the molecule is CC(=O)Nc1c(C(=O)O)n(C)c2cccc(Cl)c12. The summed E-state index contributed by atoms with van der Waals surface area (Å²) < 4.78 is 1.49. The van der Waals surface area contributed by atoms with Crippen LogP contribution in [0.15, 0.2) is 18.2 Å². The number of benzene rings is 1. The van der Waals surface area contributed by atoms with E-state index in [0.717, 1.165) is 0 Å². The zero-order valence-corrected chi connectivity index (χ0v) is 10.6. The molecule has 0 aliphatic heterocycles. The van der Waals surface area contributed by atoms with E-state index in [1.54, 1.807) is 25.2 Å². The molecule has 0 fully saturated rings. The van der Waals surface area contributed by atoms with Gasteiger partial charge in [0, 0.05) is 19.4 Å². The largest absolute Gasteiger partial charge is 0.477 e. The van der Waals surface area contributed by atoms with Crippen LogP contribution >= 0.6 is 11.6 Å². The summed E-state index contributed by atoms with van der Waals surface area (Å²) in [6.07, 6.45) is 0. The third-order valence-corrected chi connectivity index (χ3v) is 2.99. The number of carbonyl (C=O) groups excluding carboxylic acids is 1. The van der Waals surface area contributed by atoms with Gasteiger partial charge in [0.25, 0.3) is 0 Å². The lowest BCUT2D eigenvalue weighted by atomic mass is 10.2. The standard InChI is InChI=1S/C12H11ClN2O3/c1-6(16)14-10-9-7(13)4-3-5-8(9)15(2)11(10)12(17)18/h3-5H,1-2H3,(H,14,16)(H,17,18). The highest BCUT2D eigenvalue weighted by Crippen LogP contribution is 2.35. The van der Waals surface area contributed by atoms with Gasteiger partial charge in [-0.1, -0.05) is 17.7 Å². The van der Waals surface area contributed by atoms with Crippen molar-refractivity contribution in [1.82, 2.24) is 4.57 Å². The summed E-state index contributed by atoms with van der Waals surface area (Å²) >= 11 is 6.08. The first-order chi connectivity index (χ1) is 8.43. The second-order valence-corrected chi connectivity index (χ2v) is 4.31. The van der Waals surface area contributed by atoms with Crippen molar-refractivity contribution in [3.05, 3.63) is 28.9 Å². The maximum absolute atomic E-state index is 11.3. The van der Waals surface area contributed by atoms with Crippen LogP contribution in [0.1, 0.15) is 17.4 Å². The predicted molar refractivity (Wildman–Crippen MR) is 69.2 cm³/mol. The fourth-order valence-corrected chi connectivity index (χ4v) is 2.26. The number of halogens is 1. The van der Waals surface area contributed by atoms with E-state index in [-0.39, 0.29) is 17.3 Å². The second-order valence-electron chi connectivity index (χ2n) is 3.90. The Hall–Kier alpha value is -2.01. The van der Waals surface area contributed by atoms with Crippen LogP contribution in [0.2, 0.25) is 5.02 Å². The minimum atomic E-state index is -1.12. The molecule has 0 aliphatic carbocycles. The van der Waals surface area contributed by atoms with Crippen molar-refractivity contribution >= 4 is 40.1 Å². The molecule has 0 spiro atoms. The normalized spacial score (nSPS) is 10.6. The number of carboxylic acid groups (broad SMARTS) is 1. The van der Waals surface area contributed by atoms with E-state index in [4.69, 9.17) is 11.6 Å². The number of carboxylic acids is 1. The van der Waals surface area contributed by atoms with Crippen LogP contribution in [-0.4, -0.2) is 21.6 Å². The van der Waals surface area contributed by atoms with Gasteiger partial charge in [-0.2, -0.15) is 0 Å². The number of fused-ring (bicyclic) bond motifs is 1. The summed E-state index contributed by atoms with van der Waals surface area (Å²) in [5, 5.41) is 12.7. The Kier molecular flexibility index (Phi) is 3.00. The summed E-state index contributed by atoms with van der Waals surface area (Å²) in [7, 11) is 1.62. The van der Waals surface area contributed by atoms with Crippen molar-refractivity contribution < 1.29 is 14.7 Å². The van der Waals surface area contributed by atoms with Crippen molar-refractivity contribution in [2.45, 2.75) is 6.92 Å². The molecule has 0 unspecified atom stereocenters. The number of rotatable bonds is 2. The summed E-state index contributed by atoms with van der Waals surface area (Å²) in [5.41, 5.74) is 0.898. The smallest absolute Gasteiger partial charge is 0.354 e. The van der Waals surface area contributed by atoms with Gasteiger partial charge in [0.15, 0.2) is 5.69 Å². The Morgan fingerprint density at radius 2 is 2.06 bits per heavy atom. The first kappa shape index (κ1) is 12.4. The molecule has 1 amide bonds. The molecule has 0 bridgehead atoms. The number of carbonyl (C=O) groups is 2. The first-order valence-electron chi connectivity index (χ1n) is 5.21. The highest BCUT2D eigenvalue weighted by atomic mass is 35.5. The zero-order valence-electron chi connectivity index (χ0n) is 9.82. The molecule has 5 nitrogen and oxygen atoms in total. The van der Waals surface area contributed by atoms with Gasteiger partial charge in [0.05, 0.1) is 16.2 Å². The molecular formula is C12H11ClN2O3. The van der Waals surface area contributed by atoms with E-state index in [9.17, 15) is 14.7 Å². The van der Waals surface area contributed by atoms with E-state index in [2.05, 4.69) is 5.32 Å². The number of nitrogens with one attached hydrogen (secondary N) is 1. The van der Waals surface area contributed by atoms with E-state index in [1.165, 1.54) is 11.5 Å². The molecule has 94 valence electrons. The van der Waals surface area contributed by atoms with Crippen LogP contribution in [0.5, 0.6) is 0 Å². The van der Waals surface area contributed by atoms with Gasteiger partial charge in [-0.15, -0.1) is 0 Å². The van der Waals surface area contributed by atoms with Crippen molar-refractivity contribution in [3.63, 3.8) is 0 Å². The molecule has 0 atom stereocenters. The third kappa shape index (κ3) is 1.82. The average molecular weight is 267 g/mol. The molecule has 2 N–H and O–H groups in total. The lowest BCUT2D eigenvalue weighted by Gasteiger charge is -2.03. The molecule has 1 aromatic carbocycles. The van der Waals surface area contributed by atoms with Crippen LogP contribution in [0.4, 0.5) is 5.69 Å². The number of aromatic carboxylic acids is 1. The van der Waals surface area contributed by atoms with Crippen molar-refractivity contribution in [2.24, 2.45) is 7.05 Å². The van der Waals surface area contributed by atoms with Crippen LogP contribution in [0.25, 0.3) is 10.9 Å². The minimum absolute atomic E-state index is 0.00769. The Bertz CT molecular complexity index is 661. The number of nitrogens with zero attached hydrogens (tertiary/aromatic N) is 1. The monoisotopic (exact) mass is 266 g/mol. The molecule has 6 heteroatoms. The average Bonchev–Trinajstić information content (AvgIpc) is 2.52. The topological polar surface area (TPSA) is 71.3 Å². The van der Waals surface area contributed by atoms with Crippen molar-refractivity contribution in [2.75, 3.05) is 5.32 Å². The van der Waals surface area contributed by atoms with Gasteiger partial charge >= 0.3 is 5.97 Å². The van der Waals surface area contributed by atoms with Gasteiger partial charge in [0.1, 0.15) is 0 Å². The Morgan fingerprint density at radius 1 is 1.39 bits per heavy atom. The highest BCUT2D eigenvalue weighted by molar-refractivity contribution is 6.37. The van der Waals surface area contributed by atoms with Crippen molar-refractivity contribution in [1.29, 1.82) is 0 Å². The fraction of sp³-hybridized carbons (Fsp3) is 0.167. The molecule has 1 heterocycles. The van der Waals surface area contributed by atoms with Gasteiger partial charge < -0.3 is 15.0 Å². The lowest BCUT2D eigenvalue weighted by molar-refractivity contribution is -0.114. The van der Waals surface area contributed by atoms with E-state index >= 15 is 0 Å². The quantitative estimate of drug-likeness (QED) is 0.877. The molecule has 2 rings (SSSR count). The van der Waals surface area contributed by atoms with E-state index in [1.807, 2.05) is 0 Å². The van der Waals surface area contributed by atoms with Gasteiger partial charge in [-0.05, 0) is 12.1 Å². The summed E-state index contributed by atoms with van der Waals surface area (Å²) in [6.45, 7) is 1.32. The van der Waals surface area contributed by atoms with Gasteiger partial charge in [-0.3, -0.25) is 4.79 Å². The Labute approximate surface area is 108 Å². The minimum Gasteiger partial charge on any atom is -0.477 e. The first-order valence-corrected chi connectivity index (χ1v) is 5.59. The third-order valence-electron chi connectivity index (χ3n) is 2.68. The highest BCUT2D eigenvalue weighted by Gasteiger charge is 2.22. The number of hydrogen-bond donors (Lipinski definition) is 2. The number of hydrogen-bond acceptors (Lipinski definition) is 2. The zero-order chi connectivity index (χ0) is 13.4. The Morgan fingerprint density at radius 3 is 2.61 bits per heavy atom. The lowest BCUT2D eigenvalue weighted by Crippen LogP contribution is -2.12. The molecule has 0 aliphatic rings. The summed E-state index contributed by atoms with van der Waals surface area (Å²) in [6, 6.07) is 5.13. The summed E-state index contributed by atoms with van der Waals surface area (Å²) in [4.78, 5) is 22.5. The molecule has 0 saturated carbocycles. The maximum Gasteiger partial charge on any atom is 0.354 e. The molecule has 18 heavy (non-hydrogen) atoms. The fourth-order valence-electron chi connectivity index (χ4n) is 1.99. The molecule has 2 aromatic rings. The van der Waals surface area contributed by atoms with Crippen molar-refractivity contribution in [3.8, 4) is 0 Å². The number of aromatic nitrogens is 1. The molecule has 0 radical (unpaired) electrons. The van der Waals surface area contributed by atoms with Crippen LogP contribution in [0, 0.1) is 0 Å².